The van der Waals surface area contributed by atoms with Gasteiger partial charge < -0.3 is 25.3 Å². The summed E-state index contributed by atoms with van der Waals surface area (Å²) in [6.45, 7) is 5.41. The fraction of sp³-hybridized carbons (Fsp3) is 0.381. The Labute approximate surface area is 184 Å². The van der Waals surface area contributed by atoms with Gasteiger partial charge in [-0.2, -0.15) is 0 Å². The van der Waals surface area contributed by atoms with Gasteiger partial charge in [-0.25, -0.2) is 4.99 Å². The number of ether oxygens (including phenoxy) is 3. The molecule has 0 unspecified atom stereocenters. The number of nitrogens with zero attached hydrogens (tertiary/aromatic N) is 1. The maximum absolute atomic E-state index is 6.05. The van der Waals surface area contributed by atoms with Crippen molar-refractivity contribution in [3.8, 4) is 17.2 Å². The van der Waals surface area contributed by atoms with Gasteiger partial charge in [0.15, 0.2) is 17.5 Å². The molecule has 0 saturated carbocycles. The van der Waals surface area contributed by atoms with Gasteiger partial charge in [-0.3, -0.25) is 0 Å². The number of benzene rings is 2. The number of aliphatic imine (C=N–C) groups is 1. The van der Waals surface area contributed by atoms with Gasteiger partial charge in [0.25, 0.3) is 0 Å². The SMILES string of the molecule is COc1cccc(C(C)(C)CNC(N)=NCc2ccc(OC)c(OC)c2)c1.I. The van der Waals surface area contributed by atoms with E-state index in [1.807, 2.05) is 36.4 Å². The van der Waals surface area contributed by atoms with E-state index in [9.17, 15) is 0 Å². The monoisotopic (exact) mass is 499 g/mol. The molecule has 6 nitrogen and oxygen atoms in total. The molecule has 2 aromatic rings. The van der Waals surface area contributed by atoms with Crippen molar-refractivity contribution in [2.24, 2.45) is 10.7 Å². The van der Waals surface area contributed by atoms with Crippen molar-refractivity contribution < 1.29 is 14.2 Å². The van der Waals surface area contributed by atoms with E-state index in [-0.39, 0.29) is 29.4 Å². The molecule has 0 fully saturated rings. The van der Waals surface area contributed by atoms with Crippen LogP contribution in [-0.4, -0.2) is 33.8 Å². The average molecular weight is 499 g/mol. The second-order valence-electron chi connectivity index (χ2n) is 6.86. The molecule has 28 heavy (non-hydrogen) atoms. The summed E-state index contributed by atoms with van der Waals surface area (Å²) < 4.78 is 15.9. The first-order chi connectivity index (χ1) is 12.9. The molecule has 2 aromatic carbocycles. The molecular weight excluding hydrogens is 469 g/mol. The molecule has 2 rings (SSSR count). The standard InChI is InChI=1S/C21H29N3O3.HI/c1-21(2,16-7-6-8-17(12-16)25-3)14-24-20(22)23-13-15-9-10-18(26-4)19(11-15)27-5;/h6-12H,13-14H2,1-5H3,(H3,22,23,24);1H. The lowest BCUT2D eigenvalue weighted by atomic mass is 9.84. The lowest BCUT2D eigenvalue weighted by molar-refractivity contribution is 0.354. The van der Waals surface area contributed by atoms with E-state index < -0.39 is 0 Å². The molecule has 154 valence electrons. The Morgan fingerprint density at radius 2 is 1.71 bits per heavy atom. The molecule has 0 saturated heterocycles. The first-order valence-corrected chi connectivity index (χ1v) is 8.79. The van der Waals surface area contributed by atoms with Crippen LogP contribution in [0.5, 0.6) is 17.2 Å². The van der Waals surface area contributed by atoms with Gasteiger partial charge in [0.2, 0.25) is 0 Å². The van der Waals surface area contributed by atoms with E-state index in [0.717, 1.165) is 11.3 Å². The van der Waals surface area contributed by atoms with Crippen molar-refractivity contribution in [1.29, 1.82) is 0 Å². The summed E-state index contributed by atoms with van der Waals surface area (Å²) >= 11 is 0. The third-order valence-corrected chi connectivity index (χ3v) is 4.44. The second kappa shape index (κ2) is 11.0. The Morgan fingerprint density at radius 3 is 2.36 bits per heavy atom. The summed E-state index contributed by atoms with van der Waals surface area (Å²) in [5, 5.41) is 3.21. The number of nitrogens with one attached hydrogen (secondary N) is 1. The fourth-order valence-electron chi connectivity index (χ4n) is 2.67. The van der Waals surface area contributed by atoms with Crippen LogP contribution in [0.4, 0.5) is 0 Å². The normalized spacial score (nSPS) is 11.4. The number of halogens is 1. The highest BCUT2D eigenvalue weighted by Crippen LogP contribution is 2.28. The topological polar surface area (TPSA) is 78.1 Å². The minimum atomic E-state index is -0.127. The molecule has 0 radical (unpaired) electrons. The summed E-state index contributed by atoms with van der Waals surface area (Å²) in [6, 6.07) is 13.8. The van der Waals surface area contributed by atoms with Crippen LogP contribution in [-0.2, 0) is 12.0 Å². The molecule has 0 spiro atoms. The minimum absolute atomic E-state index is 0. The van der Waals surface area contributed by atoms with Gasteiger partial charge in [0, 0.05) is 12.0 Å². The van der Waals surface area contributed by atoms with Crippen LogP contribution in [0.1, 0.15) is 25.0 Å². The van der Waals surface area contributed by atoms with Crippen LogP contribution in [0.3, 0.4) is 0 Å². The highest BCUT2D eigenvalue weighted by atomic mass is 127. The maximum Gasteiger partial charge on any atom is 0.188 e. The van der Waals surface area contributed by atoms with Gasteiger partial charge in [0.1, 0.15) is 5.75 Å². The van der Waals surface area contributed by atoms with Gasteiger partial charge in [-0.15, -0.1) is 24.0 Å². The summed E-state index contributed by atoms with van der Waals surface area (Å²) in [6.07, 6.45) is 0. The molecule has 0 aromatic heterocycles. The van der Waals surface area contributed by atoms with Gasteiger partial charge in [0.05, 0.1) is 27.9 Å². The van der Waals surface area contributed by atoms with Crippen LogP contribution in [0.2, 0.25) is 0 Å². The Morgan fingerprint density at radius 1 is 1.00 bits per heavy atom. The predicted molar refractivity (Wildman–Crippen MR) is 124 cm³/mol. The third-order valence-electron chi connectivity index (χ3n) is 4.44. The predicted octanol–water partition coefficient (Wildman–Crippen LogP) is 3.71. The van der Waals surface area contributed by atoms with Crippen molar-refractivity contribution in [2.45, 2.75) is 25.8 Å². The molecule has 3 N–H and O–H groups in total. The highest BCUT2D eigenvalue weighted by Gasteiger charge is 2.21. The van der Waals surface area contributed by atoms with Crippen molar-refractivity contribution in [2.75, 3.05) is 27.9 Å². The second-order valence-corrected chi connectivity index (χ2v) is 6.86. The van der Waals surface area contributed by atoms with Gasteiger partial charge in [-0.1, -0.05) is 32.0 Å². The highest BCUT2D eigenvalue weighted by molar-refractivity contribution is 14.0. The van der Waals surface area contributed by atoms with Crippen LogP contribution in [0.25, 0.3) is 0 Å². The lowest BCUT2D eigenvalue weighted by Crippen LogP contribution is -2.40. The number of rotatable bonds is 8. The number of guanidine groups is 1. The molecule has 0 amide bonds. The molecule has 7 heteroatoms. The molecule has 0 aliphatic rings. The largest absolute Gasteiger partial charge is 0.497 e. The Hall–Kier alpha value is -2.16. The summed E-state index contributed by atoms with van der Waals surface area (Å²) in [5.41, 5.74) is 8.08. The van der Waals surface area contributed by atoms with Crippen molar-refractivity contribution in [3.63, 3.8) is 0 Å². The van der Waals surface area contributed by atoms with E-state index in [0.29, 0.717) is 30.5 Å². The lowest BCUT2D eigenvalue weighted by Gasteiger charge is -2.26. The number of methoxy groups -OCH3 is 3. The number of hydrogen-bond acceptors (Lipinski definition) is 4. The molecule has 0 atom stereocenters. The minimum Gasteiger partial charge on any atom is -0.497 e. The summed E-state index contributed by atoms with van der Waals surface area (Å²) in [4.78, 5) is 4.42. The average Bonchev–Trinajstić information content (AvgIpc) is 2.70. The van der Waals surface area contributed by atoms with Crippen molar-refractivity contribution >= 4 is 29.9 Å². The van der Waals surface area contributed by atoms with Crippen LogP contribution >= 0.6 is 24.0 Å². The van der Waals surface area contributed by atoms with Gasteiger partial charge in [-0.05, 0) is 35.4 Å². The van der Waals surface area contributed by atoms with E-state index >= 15 is 0 Å². The molecule has 0 bridgehead atoms. The van der Waals surface area contributed by atoms with Crippen molar-refractivity contribution in [3.05, 3.63) is 53.6 Å². The van der Waals surface area contributed by atoms with E-state index in [4.69, 9.17) is 19.9 Å². The van der Waals surface area contributed by atoms with Crippen LogP contribution in [0, 0.1) is 0 Å². The molecule has 0 aliphatic heterocycles. The Bertz CT molecular complexity index is 794. The number of hydrogen-bond donors (Lipinski definition) is 2. The van der Waals surface area contributed by atoms with Gasteiger partial charge >= 0.3 is 0 Å². The van der Waals surface area contributed by atoms with E-state index in [1.54, 1.807) is 21.3 Å². The quantitative estimate of drug-likeness (QED) is 0.329. The Kier molecular flexibility index (Phi) is 9.37. The van der Waals surface area contributed by atoms with E-state index in [1.165, 1.54) is 5.56 Å². The van der Waals surface area contributed by atoms with Crippen LogP contribution in [0.15, 0.2) is 47.5 Å². The zero-order valence-corrected chi connectivity index (χ0v) is 19.4. The van der Waals surface area contributed by atoms with Crippen LogP contribution < -0.4 is 25.3 Å². The molecule has 0 aliphatic carbocycles. The summed E-state index contributed by atoms with van der Waals surface area (Å²) in [7, 11) is 4.90. The fourth-order valence-corrected chi connectivity index (χ4v) is 2.67. The molecule has 0 heterocycles. The van der Waals surface area contributed by atoms with E-state index in [2.05, 4.69) is 30.2 Å². The first kappa shape index (κ1) is 23.9. The number of nitrogens with two attached hydrogens (primary N) is 1. The summed E-state index contributed by atoms with van der Waals surface area (Å²) in [5.74, 6) is 2.61. The maximum atomic E-state index is 6.05. The van der Waals surface area contributed by atoms with Crippen molar-refractivity contribution in [1.82, 2.24) is 5.32 Å². The molecular formula is C21H30IN3O3. The first-order valence-electron chi connectivity index (χ1n) is 8.79. The third kappa shape index (κ3) is 6.47. The zero-order valence-electron chi connectivity index (χ0n) is 17.1. The Balaban J connectivity index is 0.00000392. The zero-order chi connectivity index (χ0) is 19.9. The smallest absolute Gasteiger partial charge is 0.188 e.